The Bertz CT molecular complexity index is 1030. The second-order valence-electron chi connectivity index (χ2n) is 5.91. The van der Waals surface area contributed by atoms with Gasteiger partial charge in [-0.3, -0.25) is 10.1 Å². The summed E-state index contributed by atoms with van der Waals surface area (Å²) >= 11 is 0. The van der Waals surface area contributed by atoms with E-state index in [2.05, 4.69) is 10.2 Å². The molecule has 10 heteroatoms. The van der Waals surface area contributed by atoms with E-state index < -0.39 is 10.9 Å². The Morgan fingerprint density at radius 3 is 2.40 bits per heavy atom. The van der Waals surface area contributed by atoms with E-state index in [-0.39, 0.29) is 29.6 Å². The van der Waals surface area contributed by atoms with E-state index in [4.69, 9.17) is 18.6 Å². The van der Waals surface area contributed by atoms with Gasteiger partial charge in [-0.1, -0.05) is 0 Å². The lowest BCUT2D eigenvalue weighted by atomic mass is 10.2. The number of hydrogen-bond acceptors (Lipinski definition) is 9. The number of carbonyl (C=O) groups excluding carboxylic acids is 1. The zero-order valence-corrected chi connectivity index (χ0v) is 16.4. The molecule has 156 valence electrons. The first-order valence-corrected chi connectivity index (χ1v) is 9.15. The molecule has 0 atom stereocenters. The van der Waals surface area contributed by atoms with Crippen molar-refractivity contribution >= 4 is 11.7 Å². The van der Waals surface area contributed by atoms with Gasteiger partial charge in [0.2, 0.25) is 5.89 Å². The predicted octanol–water partition coefficient (Wildman–Crippen LogP) is 3.80. The number of nitro groups is 1. The van der Waals surface area contributed by atoms with Crippen LogP contribution in [0.5, 0.6) is 11.5 Å². The van der Waals surface area contributed by atoms with Crippen LogP contribution in [-0.4, -0.2) is 34.3 Å². The van der Waals surface area contributed by atoms with Crippen molar-refractivity contribution in [3.05, 3.63) is 64.0 Å². The van der Waals surface area contributed by atoms with E-state index in [0.717, 1.165) is 0 Å². The molecule has 1 aromatic heterocycles. The first-order chi connectivity index (χ1) is 14.5. The van der Waals surface area contributed by atoms with Gasteiger partial charge in [-0.15, -0.1) is 10.2 Å². The molecule has 0 bridgehead atoms. The van der Waals surface area contributed by atoms with Crippen molar-refractivity contribution < 1.29 is 28.3 Å². The van der Waals surface area contributed by atoms with Gasteiger partial charge >= 0.3 is 5.97 Å². The predicted molar refractivity (Wildman–Crippen MR) is 104 cm³/mol. The van der Waals surface area contributed by atoms with E-state index in [1.54, 1.807) is 18.2 Å². The fraction of sp³-hybridized carbons (Fsp3) is 0.250. The van der Waals surface area contributed by atoms with Gasteiger partial charge in [-0.05, 0) is 44.2 Å². The minimum absolute atomic E-state index is 0.0470. The highest BCUT2D eigenvalue weighted by Crippen LogP contribution is 2.29. The Kier molecular flexibility index (Phi) is 6.58. The van der Waals surface area contributed by atoms with Crippen molar-refractivity contribution in [2.45, 2.75) is 20.5 Å². The number of aromatic nitrogens is 2. The number of esters is 1. The van der Waals surface area contributed by atoms with Crippen LogP contribution in [0, 0.1) is 10.1 Å². The number of rotatable bonds is 9. The highest BCUT2D eigenvalue weighted by molar-refractivity contribution is 5.90. The van der Waals surface area contributed by atoms with Crippen LogP contribution < -0.4 is 9.47 Å². The number of non-ortho nitro benzene ring substituents is 1. The molecule has 0 aliphatic rings. The van der Waals surface area contributed by atoms with Gasteiger partial charge in [0.25, 0.3) is 11.6 Å². The fourth-order valence-electron chi connectivity index (χ4n) is 2.54. The summed E-state index contributed by atoms with van der Waals surface area (Å²) in [7, 11) is 0. The summed E-state index contributed by atoms with van der Waals surface area (Å²) in [4.78, 5) is 22.6. The molecule has 30 heavy (non-hydrogen) atoms. The number of hydrogen-bond donors (Lipinski definition) is 0. The average molecular weight is 413 g/mol. The van der Waals surface area contributed by atoms with Gasteiger partial charge in [0.1, 0.15) is 0 Å². The smallest absolute Gasteiger partial charge is 0.338 e. The molecule has 2 aromatic carbocycles. The Hall–Kier alpha value is -3.95. The van der Waals surface area contributed by atoms with Gasteiger partial charge in [0.05, 0.1) is 23.7 Å². The number of carbonyl (C=O) groups is 1. The molecule has 0 amide bonds. The Balaban J connectivity index is 1.65. The quantitative estimate of drug-likeness (QED) is 0.292. The summed E-state index contributed by atoms with van der Waals surface area (Å²) in [6.07, 6.45) is 0. The summed E-state index contributed by atoms with van der Waals surface area (Å²) < 4.78 is 21.7. The normalized spacial score (nSPS) is 10.5. The molecule has 3 rings (SSSR count). The zero-order chi connectivity index (χ0) is 21.5. The third-order valence-corrected chi connectivity index (χ3v) is 3.90. The van der Waals surface area contributed by atoms with Crippen LogP contribution in [0.25, 0.3) is 11.5 Å². The van der Waals surface area contributed by atoms with E-state index in [1.165, 1.54) is 24.3 Å². The maximum atomic E-state index is 12.3. The van der Waals surface area contributed by atoms with Crippen LogP contribution in [0.4, 0.5) is 5.69 Å². The van der Waals surface area contributed by atoms with E-state index in [1.807, 2.05) is 13.8 Å². The zero-order valence-electron chi connectivity index (χ0n) is 16.4. The molecule has 0 unspecified atom stereocenters. The topological polar surface area (TPSA) is 127 Å². The first-order valence-electron chi connectivity index (χ1n) is 9.15. The van der Waals surface area contributed by atoms with Crippen LogP contribution >= 0.6 is 0 Å². The van der Waals surface area contributed by atoms with Crippen LogP contribution in [0.1, 0.15) is 30.1 Å². The summed E-state index contributed by atoms with van der Waals surface area (Å²) in [5, 5.41) is 18.4. The lowest BCUT2D eigenvalue weighted by Crippen LogP contribution is -2.07. The lowest BCUT2D eigenvalue weighted by Gasteiger charge is -2.11. The van der Waals surface area contributed by atoms with Gasteiger partial charge in [-0.25, -0.2) is 4.79 Å². The number of ether oxygens (including phenoxy) is 3. The largest absolute Gasteiger partial charge is 0.490 e. The lowest BCUT2D eigenvalue weighted by molar-refractivity contribution is -0.384. The SMILES string of the molecule is CCOc1ccc(C(=O)OCc2nnc(-c3ccc([N+](=O)[O-])cc3)o2)cc1OCC. The van der Waals surface area contributed by atoms with Crippen molar-refractivity contribution in [2.24, 2.45) is 0 Å². The summed E-state index contributed by atoms with van der Waals surface area (Å²) in [5.41, 5.74) is 0.754. The first kappa shape index (κ1) is 20.8. The molecule has 10 nitrogen and oxygen atoms in total. The number of nitro benzene ring substituents is 1. The minimum Gasteiger partial charge on any atom is -0.490 e. The molecular formula is C20H19N3O7. The molecular weight excluding hydrogens is 394 g/mol. The highest BCUT2D eigenvalue weighted by atomic mass is 16.6. The number of nitrogens with zero attached hydrogens (tertiary/aromatic N) is 3. The maximum Gasteiger partial charge on any atom is 0.338 e. The third-order valence-electron chi connectivity index (χ3n) is 3.90. The van der Waals surface area contributed by atoms with Crippen LogP contribution in [0.2, 0.25) is 0 Å². The molecule has 0 saturated heterocycles. The molecule has 0 N–H and O–H groups in total. The molecule has 1 heterocycles. The van der Waals surface area contributed by atoms with E-state index in [9.17, 15) is 14.9 Å². The molecule has 0 spiro atoms. The van der Waals surface area contributed by atoms with Crippen LogP contribution in [0.15, 0.2) is 46.9 Å². The second kappa shape index (κ2) is 9.50. The van der Waals surface area contributed by atoms with Gasteiger partial charge in [-0.2, -0.15) is 0 Å². The van der Waals surface area contributed by atoms with Crippen molar-refractivity contribution in [2.75, 3.05) is 13.2 Å². The van der Waals surface area contributed by atoms with Gasteiger partial charge in [0, 0.05) is 17.7 Å². The Morgan fingerprint density at radius 1 is 1.03 bits per heavy atom. The maximum absolute atomic E-state index is 12.3. The molecule has 0 aliphatic heterocycles. The third kappa shape index (κ3) is 4.90. The van der Waals surface area contributed by atoms with Crippen molar-refractivity contribution in [3.8, 4) is 23.0 Å². The summed E-state index contributed by atoms with van der Waals surface area (Å²) in [6.45, 7) is 4.35. The molecule has 3 aromatic rings. The number of benzene rings is 2. The fourth-order valence-corrected chi connectivity index (χ4v) is 2.54. The molecule has 0 aliphatic carbocycles. The van der Waals surface area contributed by atoms with E-state index in [0.29, 0.717) is 30.3 Å². The second-order valence-corrected chi connectivity index (χ2v) is 5.91. The van der Waals surface area contributed by atoms with Crippen LogP contribution in [0.3, 0.4) is 0 Å². The molecule has 0 saturated carbocycles. The van der Waals surface area contributed by atoms with Gasteiger partial charge in [0.15, 0.2) is 18.1 Å². The molecule has 0 radical (unpaired) electrons. The minimum atomic E-state index is -0.589. The highest BCUT2D eigenvalue weighted by Gasteiger charge is 2.16. The summed E-state index contributed by atoms with van der Waals surface area (Å²) in [5.74, 6) is 0.657. The van der Waals surface area contributed by atoms with Crippen LogP contribution in [-0.2, 0) is 11.3 Å². The van der Waals surface area contributed by atoms with Crippen molar-refractivity contribution in [3.63, 3.8) is 0 Å². The monoisotopic (exact) mass is 413 g/mol. The van der Waals surface area contributed by atoms with Crippen molar-refractivity contribution in [1.29, 1.82) is 0 Å². The summed E-state index contributed by atoms with van der Waals surface area (Å²) in [6, 6.07) is 10.4. The Labute approximate surface area is 171 Å². The molecule has 0 fully saturated rings. The van der Waals surface area contributed by atoms with Gasteiger partial charge < -0.3 is 18.6 Å². The van der Waals surface area contributed by atoms with E-state index >= 15 is 0 Å². The Morgan fingerprint density at radius 2 is 1.73 bits per heavy atom. The standard InChI is InChI=1S/C20H19N3O7/c1-3-27-16-10-7-14(11-17(16)28-4-2)20(24)29-12-18-21-22-19(30-18)13-5-8-15(9-6-13)23(25)26/h5-11H,3-4,12H2,1-2H3. The van der Waals surface area contributed by atoms with Crippen molar-refractivity contribution in [1.82, 2.24) is 10.2 Å². The average Bonchev–Trinajstić information content (AvgIpc) is 3.23.